The Balaban J connectivity index is 1.39. The number of aryl methyl sites for hydroxylation is 1. The molecular formula is C30H34N2O3S. The topological polar surface area (TPSA) is 59.5 Å². The molecule has 0 saturated heterocycles. The zero-order valence-corrected chi connectivity index (χ0v) is 22.2. The molecule has 0 atom stereocenters. The maximum absolute atomic E-state index is 13.7. The lowest BCUT2D eigenvalue weighted by molar-refractivity contribution is 0.0970. The summed E-state index contributed by atoms with van der Waals surface area (Å²) in [6, 6.07) is 15.8. The number of carbonyl (C=O) groups is 2. The van der Waals surface area contributed by atoms with Gasteiger partial charge < -0.3 is 9.64 Å². The van der Waals surface area contributed by atoms with E-state index in [9.17, 15) is 9.59 Å². The third kappa shape index (κ3) is 5.45. The highest BCUT2D eigenvalue weighted by Gasteiger charge is 2.30. The van der Waals surface area contributed by atoms with Crippen molar-refractivity contribution in [2.75, 3.05) is 25.2 Å². The van der Waals surface area contributed by atoms with Gasteiger partial charge in [-0.15, -0.1) is 11.3 Å². The predicted octanol–water partition coefficient (Wildman–Crippen LogP) is 6.60. The van der Waals surface area contributed by atoms with Gasteiger partial charge in [0.15, 0.2) is 5.78 Å². The smallest absolute Gasteiger partial charge is 0.276 e. The van der Waals surface area contributed by atoms with Crippen LogP contribution in [0.1, 0.15) is 70.9 Å². The molecule has 5 rings (SSSR count). The van der Waals surface area contributed by atoms with Crippen molar-refractivity contribution in [3.63, 3.8) is 0 Å². The quantitative estimate of drug-likeness (QED) is 0.309. The predicted molar refractivity (Wildman–Crippen MR) is 145 cm³/mol. The summed E-state index contributed by atoms with van der Waals surface area (Å²) in [6.07, 6.45) is 5.46. The number of fused-ring (bicyclic) bond motifs is 3. The van der Waals surface area contributed by atoms with Gasteiger partial charge in [-0.1, -0.05) is 38.1 Å². The molecule has 0 unspecified atom stereocenters. The number of hydrogen-bond acceptors (Lipinski definition) is 5. The van der Waals surface area contributed by atoms with Gasteiger partial charge in [-0.3, -0.25) is 9.59 Å². The Morgan fingerprint density at radius 3 is 2.72 bits per heavy atom. The minimum absolute atomic E-state index is 0.0521. The third-order valence-electron chi connectivity index (χ3n) is 7.16. The number of ether oxygens (including phenoxy) is 1. The molecule has 6 heteroatoms. The highest BCUT2D eigenvalue weighted by atomic mass is 32.1. The van der Waals surface area contributed by atoms with E-state index in [0.717, 1.165) is 45.1 Å². The number of hydrogen-bond donors (Lipinski definition) is 0. The Morgan fingerprint density at radius 2 is 1.94 bits per heavy atom. The van der Waals surface area contributed by atoms with Crippen molar-refractivity contribution in [1.29, 1.82) is 0 Å². The Labute approximate surface area is 217 Å². The summed E-state index contributed by atoms with van der Waals surface area (Å²) in [5, 5.41) is 0. The molecule has 3 aromatic rings. The highest BCUT2D eigenvalue weighted by molar-refractivity contribution is 7.17. The van der Waals surface area contributed by atoms with E-state index in [4.69, 9.17) is 9.72 Å². The Morgan fingerprint density at radius 1 is 1.14 bits per heavy atom. The van der Waals surface area contributed by atoms with E-state index in [2.05, 4.69) is 26.0 Å². The van der Waals surface area contributed by atoms with E-state index >= 15 is 0 Å². The molecule has 0 bridgehead atoms. The maximum atomic E-state index is 13.7. The summed E-state index contributed by atoms with van der Waals surface area (Å²) in [5.74, 6) is 0.755. The number of amides is 1. The fourth-order valence-corrected chi connectivity index (χ4v) is 6.13. The minimum Gasteiger partial charge on any atom is -0.384 e. The zero-order chi connectivity index (χ0) is 25.3. The van der Waals surface area contributed by atoms with Gasteiger partial charge in [0.2, 0.25) is 0 Å². The van der Waals surface area contributed by atoms with Crippen LogP contribution in [0.2, 0.25) is 0 Å². The van der Waals surface area contributed by atoms with Crippen LogP contribution in [0.3, 0.4) is 0 Å². The summed E-state index contributed by atoms with van der Waals surface area (Å²) >= 11 is 1.58. The van der Waals surface area contributed by atoms with Crippen molar-refractivity contribution in [3.8, 4) is 10.4 Å². The average molecular weight is 503 g/mol. The van der Waals surface area contributed by atoms with E-state index in [1.54, 1.807) is 18.4 Å². The number of para-hydroxylation sites is 1. The molecule has 188 valence electrons. The first-order valence-corrected chi connectivity index (χ1v) is 13.7. The Bertz CT molecular complexity index is 1270. The van der Waals surface area contributed by atoms with Crippen molar-refractivity contribution in [2.45, 2.75) is 52.4 Å². The fraction of sp³-hybridized carbons (Fsp3) is 0.433. The van der Waals surface area contributed by atoms with Crippen molar-refractivity contribution in [1.82, 2.24) is 4.98 Å². The van der Waals surface area contributed by atoms with Gasteiger partial charge in [0.05, 0.1) is 17.2 Å². The van der Waals surface area contributed by atoms with E-state index in [-0.39, 0.29) is 17.1 Å². The zero-order valence-electron chi connectivity index (χ0n) is 21.4. The molecule has 1 saturated carbocycles. The molecule has 1 aromatic carbocycles. The largest absolute Gasteiger partial charge is 0.384 e. The summed E-state index contributed by atoms with van der Waals surface area (Å²) in [7, 11) is 1.73. The van der Waals surface area contributed by atoms with E-state index < -0.39 is 0 Å². The second kappa shape index (κ2) is 10.3. The summed E-state index contributed by atoms with van der Waals surface area (Å²) < 4.78 is 5.34. The number of thiophene rings is 1. The van der Waals surface area contributed by atoms with Gasteiger partial charge in [0, 0.05) is 36.2 Å². The highest BCUT2D eigenvalue weighted by Crippen LogP contribution is 2.43. The van der Waals surface area contributed by atoms with Crippen LogP contribution >= 0.6 is 11.3 Å². The van der Waals surface area contributed by atoms with E-state index in [0.29, 0.717) is 37.6 Å². The monoisotopic (exact) mass is 502 g/mol. The summed E-state index contributed by atoms with van der Waals surface area (Å²) in [5.41, 5.74) is 4.51. The molecule has 1 aliphatic carbocycles. The van der Waals surface area contributed by atoms with Gasteiger partial charge in [-0.25, -0.2) is 4.98 Å². The third-order valence-corrected chi connectivity index (χ3v) is 8.41. The van der Waals surface area contributed by atoms with Crippen LogP contribution in [-0.4, -0.2) is 36.9 Å². The van der Waals surface area contributed by atoms with Gasteiger partial charge in [-0.05, 0) is 73.3 Å². The SMILES string of the molecule is COCC(C)(C)CCc1cccc(C(=O)N2CCc3cc(C(=O)CC4CC4)sc3-c3ccccc32)n1. The molecule has 0 radical (unpaired) electrons. The van der Waals surface area contributed by atoms with Gasteiger partial charge >= 0.3 is 0 Å². The number of ketones is 1. The van der Waals surface area contributed by atoms with Gasteiger partial charge in [0.1, 0.15) is 5.69 Å². The standard InChI is InChI=1S/C30H34N2O3S/c1-30(2,19-35-3)15-13-22-7-6-9-24(31-22)29(34)32-16-14-21-18-27(26(33)17-20-11-12-20)36-28(21)23-8-4-5-10-25(23)32/h4-10,18,20H,11-17,19H2,1-3H3. The number of Topliss-reactive ketones (excluding diaryl/α,β-unsaturated/α-hetero) is 1. The number of methoxy groups -OCH3 is 1. The first-order chi connectivity index (χ1) is 17.3. The second-order valence-corrected chi connectivity index (χ2v) is 11.9. The van der Waals surface area contributed by atoms with Crippen molar-refractivity contribution >= 4 is 28.7 Å². The normalized spacial score (nSPS) is 15.2. The second-order valence-electron chi connectivity index (χ2n) is 10.9. The number of rotatable bonds is 9. The van der Waals surface area contributed by atoms with Crippen molar-refractivity contribution in [2.24, 2.45) is 11.3 Å². The first-order valence-electron chi connectivity index (χ1n) is 12.9. The van der Waals surface area contributed by atoms with Crippen LogP contribution in [0.25, 0.3) is 10.4 Å². The molecule has 36 heavy (non-hydrogen) atoms. The summed E-state index contributed by atoms with van der Waals surface area (Å²) in [6.45, 7) is 5.61. The molecule has 2 aromatic heterocycles. The lowest BCUT2D eigenvalue weighted by atomic mass is 9.88. The summed E-state index contributed by atoms with van der Waals surface area (Å²) in [4.78, 5) is 35.1. The molecule has 1 aliphatic heterocycles. The molecule has 1 amide bonds. The average Bonchev–Trinajstić information content (AvgIpc) is 3.61. The number of pyridine rings is 1. The fourth-order valence-electron chi connectivity index (χ4n) is 4.93. The minimum atomic E-state index is -0.0827. The van der Waals surface area contributed by atoms with Gasteiger partial charge in [0.25, 0.3) is 5.91 Å². The lowest BCUT2D eigenvalue weighted by Crippen LogP contribution is -2.33. The number of carbonyl (C=O) groups excluding carboxylic acids is 2. The molecule has 2 aliphatic rings. The maximum Gasteiger partial charge on any atom is 0.276 e. The molecule has 5 nitrogen and oxygen atoms in total. The van der Waals surface area contributed by atoms with Crippen LogP contribution in [0, 0.1) is 11.3 Å². The van der Waals surface area contributed by atoms with E-state index in [1.807, 2.05) is 41.3 Å². The lowest BCUT2D eigenvalue weighted by Gasteiger charge is -2.24. The van der Waals surface area contributed by atoms with Crippen molar-refractivity contribution < 1.29 is 14.3 Å². The van der Waals surface area contributed by atoms with Crippen LogP contribution in [0.4, 0.5) is 5.69 Å². The van der Waals surface area contributed by atoms with Crippen LogP contribution in [0.5, 0.6) is 0 Å². The molecular weight excluding hydrogens is 468 g/mol. The van der Waals surface area contributed by atoms with Crippen LogP contribution in [-0.2, 0) is 17.6 Å². The van der Waals surface area contributed by atoms with Crippen LogP contribution in [0.15, 0.2) is 48.5 Å². The number of anilines is 1. The number of nitrogens with zero attached hydrogens (tertiary/aromatic N) is 2. The Kier molecular flexibility index (Phi) is 7.09. The van der Waals surface area contributed by atoms with Crippen LogP contribution < -0.4 is 4.90 Å². The number of benzene rings is 1. The molecule has 1 fully saturated rings. The van der Waals surface area contributed by atoms with Gasteiger partial charge in [-0.2, -0.15) is 0 Å². The molecule has 0 spiro atoms. The Hall–Kier alpha value is -2.83. The molecule has 0 N–H and O–H groups in total. The molecule has 3 heterocycles. The number of aromatic nitrogens is 1. The van der Waals surface area contributed by atoms with E-state index in [1.165, 1.54) is 12.8 Å². The first kappa shape index (κ1) is 24.8. The van der Waals surface area contributed by atoms with Crippen molar-refractivity contribution in [3.05, 3.63) is 70.4 Å².